The molecule has 0 aromatic rings. The van der Waals surface area contributed by atoms with Gasteiger partial charge in [0.2, 0.25) is 21.8 Å². The van der Waals surface area contributed by atoms with Gasteiger partial charge in [0, 0.05) is 50.8 Å². The fourth-order valence-electron chi connectivity index (χ4n) is 2.78. The number of aliphatic hydroxyl groups excluding tert-OH is 1. The maximum atomic E-state index is 12.3. The fraction of sp³-hybridized carbons (Fsp3) is 0.875. The Bertz CT molecular complexity index is 608. The number of carbonyl (C=O) groups is 2. The molecule has 4 unspecified atom stereocenters. The van der Waals surface area contributed by atoms with Crippen LogP contribution in [0.2, 0.25) is 0 Å². The third-order valence-electron chi connectivity index (χ3n) is 4.78. The first-order valence-electron chi connectivity index (χ1n) is 8.98. The van der Waals surface area contributed by atoms with E-state index in [-0.39, 0.29) is 18.5 Å². The molecule has 1 rings (SSSR count). The number of aliphatic hydroxyl groups is 1. The van der Waals surface area contributed by atoms with Crippen LogP contribution in [-0.2, 0) is 19.6 Å². The predicted octanol–water partition coefficient (Wildman–Crippen LogP) is 0.504. The van der Waals surface area contributed by atoms with Crippen molar-refractivity contribution in [1.82, 2.24) is 19.8 Å². The van der Waals surface area contributed by atoms with Crippen molar-refractivity contribution in [2.75, 3.05) is 33.4 Å². The van der Waals surface area contributed by atoms with Crippen molar-refractivity contribution in [1.29, 1.82) is 0 Å². The molecule has 1 aliphatic rings. The Kier molecular flexibility index (Phi) is 13.6. The number of rotatable bonds is 8. The van der Waals surface area contributed by atoms with Crippen molar-refractivity contribution in [2.24, 2.45) is 0 Å². The minimum absolute atomic E-state index is 0.131. The molecule has 9 nitrogen and oxygen atoms in total. The quantitative estimate of drug-likeness (QED) is 0.331. The lowest BCUT2D eigenvalue weighted by Crippen LogP contribution is -2.55. The van der Waals surface area contributed by atoms with Gasteiger partial charge in [0.1, 0.15) is 6.04 Å². The molecule has 0 saturated carbocycles. The average molecular weight is 646 g/mol. The lowest BCUT2D eigenvalue weighted by atomic mass is 10.0. The second-order valence-corrected chi connectivity index (χ2v) is 9.22. The van der Waals surface area contributed by atoms with Crippen LogP contribution in [0.3, 0.4) is 0 Å². The molecule has 28 heavy (non-hydrogen) atoms. The van der Waals surface area contributed by atoms with E-state index >= 15 is 0 Å². The number of likely N-dealkylation sites (tertiary alicyclic amines) is 1. The van der Waals surface area contributed by atoms with Gasteiger partial charge in [-0.25, -0.2) is 12.7 Å². The van der Waals surface area contributed by atoms with Crippen LogP contribution in [0.25, 0.3) is 0 Å². The smallest absolute Gasteiger partial charge is 0.242 e. The topological polar surface area (TPSA) is 119 Å². The summed E-state index contributed by atoms with van der Waals surface area (Å²) in [5, 5.41) is 15.4. The van der Waals surface area contributed by atoms with Crippen molar-refractivity contribution in [3.8, 4) is 0 Å². The molecule has 1 fully saturated rings. The third kappa shape index (κ3) is 9.82. The minimum Gasteiger partial charge on any atom is -0.390 e. The van der Waals surface area contributed by atoms with Crippen LogP contribution >= 0.6 is 37.2 Å². The number of piperidine rings is 1. The molecule has 1 aliphatic heterocycles. The number of nitrogens with one attached hydrogen (secondary N) is 2. The number of halogens is 2. The summed E-state index contributed by atoms with van der Waals surface area (Å²) in [5.74, 6) is -0.606. The summed E-state index contributed by atoms with van der Waals surface area (Å²) < 4.78 is 23.8. The van der Waals surface area contributed by atoms with E-state index in [0.717, 1.165) is 36.4 Å². The first-order chi connectivity index (χ1) is 12.9. The summed E-state index contributed by atoms with van der Waals surface area (Å²) in [4.78, 5) is 26.6. The zero-order valence-corrected chi connectivity index (χ0v) is 22.1. The molecular formula is C16H32I2N4O5S. The highest BCUT2D eigenvalue weighted by atomic mass is 128. The van der Waals surface area contributed by atoms with Crippen molar-refractivity contribution in [2.45, 2.75) is 57.3 Å². The molecule has 2 amide bonds. The Morgan fingerprint density at radius 3 is 2.32 bits per heavy atom. The number of sulfonamides is 1. The van der Waals surface area contributed by atoms with Crippen LogP contribution in [0.15, 0.2) is 0 Å². The maximum absolute atomic E-state index is 12.3. The van der Waals surface area contributed by atoms with Gasteiger partial charge in [-0.1, -0.05) is 6.42 Å². The largest absolute Gasteiger partial charge is 0.390 e. The standard InChI is InChI=1S/C16H32N4O5S.I2/c1-11(14(21)10-20(4)26(5,24)25)17-15(22)12(2)18-16(23)13-8-6-7-9-19(13)3;1-2/h11-14,21H,6-10H2,1-5H3,(H,17,22)(H,18,23);. The van der Waals surface area contributed by atoms with E-state index in [1.165, 1.54) is 7.05 Å². The summed E-state index contributed by atoms with van der Waals surface area (Å²) in [5.41, 5.74) is 0. The van der Waals surface area contributed by atoms with Crippen LogP contribution in [0.1, 0.15) is 33.1 Å². The molecule has 1 saturated heterocycles. The molecular weight excluding hydrogens is 614 g/mol. The van der Waals surface area contributed by atoms with Crippen LogP contribution in [0.5, 0.6) is 0 Å². The van der Waals surface area contributed by atoms with Gasteiger partial charge in [-0.15, -0.1) is 0 Å². The van der Waals surface area contributed by atoms with Crippen LogP contribution in [-0.4, -0.2) is 92.2 Å². The highest BCUT2D eigenvalue weighted by molar-refractivity contribution is 15.0. The summed E-state index contributed by atoms with van der Waals surface area (Å²) in [7, 11) is -0.159. The predicted molar refractivity (Wildman–Crippen MR) is 127 cm³/mol. The van der Waals surface area contributed by atoms with Gasteiger partial charge >= 0.3 is 0 Å². The second kappa shape index (κ2) is 13.5. The van der Waals surface area contributed by atoms with E-state index in [4.69, 9.17) is 0 Å². The number of hydrogen-bond donors (Lipinski definition) is 3. The normalized spacial score (nSPS) is 21.1. The molecule has 12 heteroatoms. The molecule has 166 valence electrons. The van der Waals surface area contributed by atoms with Gasteiger partial charge < -0.3 is 15.7 Å². The number of nitrogens with zero attached hydrogens (tertiary/aromatic N) is 2. The van der Waals surface area contributed by atoms with Gasteiger partial charge in [-0.2, -0.15) is 0 Å². The fourth-order valence-corrected chi connectivity index (χ4v) is 3.21. The Balaban J connectivity index is 0.00000352. The lowest BCUT2D eigenvalue weighted by molar-refractivity contribution is -0.132. The number of amides is 2. The maximum Gasteiger partial charge on any atom is 0.242 e. The van der Waals surface area contributed by atoms with Crippen molar-refractivity contribution >= 4 is 59.1 Å². The highest BCUT2D eigenvalue weighted by Crippen LogP contribution is 2.15. The molecule has 0 aromatic heterocycles. The van der Waals surface area contributed by atoms with Crippen molar-refractivity contribution in [3.05, 3.63) is 0 Å². The Morgan fingerprint density at radius 1 is 1.25 bits per heavy atom. The third-order valence-corrected chi connectivity index (χ3v) is 6.06. The number of likely N-dealkylation sites (N-methyl/N-ethyl adjacent to an activating group) is 2. The van der Waals surface area contributed by atoms with Crippen LogP contribution in [0.4, 0.5) is 0 Å². The summed E-state index contributed by atoms with van der Waals surface area (Å²) in [6.07, 6.45) is 2.80. The second-order valence-electron chi connectivity index (χ2n) is 7.13. The highest BCUT2D eigenvalue weighted by Gasteiger charge is 2.29. The van der Waals surface area contributed by atoms with E-state index < -0.39 is 34.1 Å². The summed E-state index contributed by atoms with van der Waals surface area (Å²) in [6, 6.07) is -1.64. The SMILES string of the molecule is CC(NC(=O)C1CCCCN1C)C(=O)NC(C)C(O)CN(C)S(C)(=O)=O.II. The number of hydrogen-bond acceptors (Lipinski definition) is 6. The monoisotopic (exact) mass is 646 g/mol. The van der Waals surface area contributed by atoms with E-state index in [0.29, 0.717) is 0 Å². The lowest BCUT2D eigenvalue weighted by Gasteiger charge is -2.32. The molecule has 1 heterocycles. The van der Waals surface area contributed by atoms with E-state index in [9.17, 15) is 23.1 Å². The van der Waals surface area contributed by atoms with Gasteiger partial charge in [-0.05, 0) is 40.3 Å². The first-order valence-corrected chi connectivity index (χ1v) is 17.1. The summed E-state index contributed by atoms with van der Waals surface area (Å²) >= 11 is 4.24. The molecule has 4 atom stereocenters. The van der Waals surface area contributed by atoms with E-state index in [2.05, 4.69) is 47.9 Å². The zero-order valence-electron chi connectivity index (χ0n) is 17.0. The zero-order chi connectivity index (χ0) is 22.1. The van der Waals surface area contributed by atoms with E-state index in [1.807, 2.05) is 11.9 Å². The molecule has 3 N–H and O–H groups in total. The molecule has 0 bridgehead atoms. The van der Waals surface area contributed by atoms with Gasteiger partial charge in [0.15, 0.2) is 0 Å². The van der Waals surface area contributed by atoms with Gasteiger partial charge in [-0.3, -0.25) is 14.5 Å². The molecule has 0 aromatic carbocycles. The Labute approximate surface area is 191 Å². The molecule has 0 radical (unpaired) electrons. The average Bonchev–Trinajstić information content (AvgIpc) is 2.62. The summed E-state index contributed by atoms with van der Waals surface area (Å²) in [6.45, 7) is 3.89. The van der Waals surface area contributed by atoms with Crippen molar-refractivity contribution in [3.63, 3.8) is 0 Å². The van der Waals surface area contributed by atoms with Crippen LogP contribution < -0.4 is 10.6 Å². The van der Waals surface area contributed by atoms with E-state index in [1.54, 1.807) is 13.8 Å². The van der Waals surface area contributed by atoms with Gasteiger partial charge in [0.05, 0.1) is 24.4 Å². The Hall–Kier alpha value is 0.230. The number of carbonyl (C=O) groups excluding carboxylic acids is 2. The van der Waals surface area contributed by atoms with Crippen LogP contribution in [0, 0.1) is 0 Å². The molecule has 0 aliphatic carbocycles. The van der Waals surface area contributed by atoms with Gasteiger partial charge in [0.25, 0.3) is 0 Å². The Morgan fingerprint density at radius 2 is 1.82 bits per heavy atom. The van der Waals surface area contributed by atoms with Crippen molar-refractivity contribution < 1.29 is 23.1 Å². The minimum atomic E-state index is -3.41. The first kappa shape index (κ1) is 28.2. The molecule has 0 spiro atoms.